The fourth-order valence-corrected chi connectivity index (χ4v) is 5.05. The average Bonchev–Trinajstić information content (AvgIpc) is 2.70. The molecule has 0 radical (unpaired) electrons. The highest BCUT2D eigenvalue weighted by Crippen LogP contribution is 2.27. The van der Waals surface area contributed by atoms with Gasteiger partial charge in [-0.1, -0.05) is 13.8 Å². The fraction of sp³-hybridized carbons (Fsp3) is 0.545. The zero-order chi connectivity index (χ0) is 14.6. The number of carboxylic acid groups (broad SMARTS) is 1. The Morgan fingerprint density at radius 1 is 1.53 bits per heavy atom. The summed E-state index contributed by atoms with van der Waals surface area (Å²) in [5.74, 6) is -1.51. The molecule has 0 bridgehead atoms. The Morgan fingerprint density at radius 2 is 2.16 bits per heavy atom. The van der Waals surface area contributed by atoms with Gasteiger partial charge < -0.3 is 5.11 Å². The smallest absolute Gasteiger partial charge is 0.307 e. The highest BCUT2D eigenvalue weighted by atomic mass is 79.9. The highest BCUT2D eigenvalue weighted by Gasteiger charge is 2.24. The van der Waals surface area contributed by atoms with Gasteiger partial charge in [-0.15, -0.1) is 11.3 Å². The Hall–Kier alpha value is -0.440. The Morgan fingerprint density at radius 3 is 2.58 bits per heavy atom. The predicted molar refractivity (Wildman–Crippen MR) is 77.8 cm³/mol. The minimum Gasteiger partial charge on any atom is -0.481 e. The summed E-state index contributed by atoms with van der Waals surface area (Å²) < 4.78 is 27.0. The second kappa shape index (κ2) is 6.83. The van der Waals surface area contributed by atoms with Crippen LogP contribution in [0.5, 0.6) is 0 Å². The van der Waals surface area contributed by atoms with Crippen LogP contribution in [0, 0.1) is 11.8 Å². The van der Waals surface area contributed by atoms with E-state index in [1.807, 2.05) is 13.8 Å². The first-order chi connectivity index (χ1) is 8.74. The molecule has 1 heterocycles. The van der Waals surface area contributed by atoms with E-state index in [1.165, 1.54) is 0 Å². The zero-order valence-electron chi connectivity index (χ0n) is 10.6. The van der Waals surface area contributed by atoms with E-state index in [9.17, 15) is 13.2 Å². The summed E-state index contributed by atoms with van der Waals surface area (Å²) in [6, 6.07) is 1.64. The van der Waals surface area contributed by atoms with Crippen molar-refractivity contribution in [3.8, 4) is 0 Å². The summed E-state index contributed by atoms with van der Waals surface area (Å²) in [6.45, 7) is 3.71. The first-order valence-electron chi connectivity index (χ1n) is 5.69. The van der Waals surface area contributed by atoms with Crippen LogP contribution in [-0.2, 0) is 14.8 Å². The topological polar surface area (TPSA) is 83.5 Å². The Bertz CT molecular complexity index is 539. The molecule has 0 amide bonds. The number of thiophene rings is 1. The normalized spacial score (nSPS) is 13.7. The summed E-state index contributed by atoms with van der Waals surface area (Å²) in [5, 5.41) is 10.7. The zero-order valence-corrected chi connectivity index (χ0v) is 13.8. The predicted octanol–water partition coefficient (Wildman–Crippen LogP) is 2.54. The Kier molecular flexibility index (Phi) is 5.97. The van der Waals surface area contributed by atoms with Gasteiger partial charge in [-0.2, -0.15) is 0 Å². The van der Waals surface area contributed by atoms with Crippen LogP contribution in [0.2, 0.25) is 0 Å². The third-order valence-electron chi connectivity index (χ3n) is 2.45. The first kappa shape index (κ1) is 16.6. The molecule has 1 aromatic rings. The van der Waals surface area contributed by atoms with Crippen molar-refractivity contribution in [3.05, 3.63) is 15.9 Å². The molecule has 0 saturated carbocycles. The van der Waals surface area contributed by atoms with Gasteiger partial charge in [0.1, 0.15) is 4.21 Å². The standard InChI is InChI=1S/C11H16BrNO4S2/c1-7(2)5-8(10(14)15)6-13-19(16,17)11-9(12)3-4-18-11/h3-4,7-8,13H,5-6H2,1-2H3,(H,14,15). The molecule has 1 unspecified atom stereocenters. The van der Waals surface area contributed by atoms with Gasteiger partial charge in [0.2, 0.25) is 0 Å². The summed E-state index contributed by atoms with van der Waals surface area (Å²) in [4.78, 5) is 11.1. The number of halogens is 1. The van der Waals surface area contributed by atoms with Crippen molar-refractivity contribution < 1.29 is 18.3 Å². The molecule has 0 aliphatic heterocycles. The third-order valence-corrected chi connectivity index (χ3v) is 6.55. The van der Waals surface area contributed by atoms with Crippen LogP contribution in [-0.4, -0.2) is 26.0 Å². The summed E-state index contributed by atoms with van der Waals surface area (Å²) >= 11 is 4.24. The van der Waals surface area contributed by atoms with Crippen molar-refractivity contribution in [3.63, 3.8) is 0 Å². The molecule has 19 heavy (non-hydrogen) atoms. The van der Waals surface area contributed by atoms with Crippen LogP contribution in [0.3, 0.4) is 0 Å². The van der Waals surface area contributed by atoms with Gasteiger partial charge in [0.15, 0.2) is 0 Å². The van der Waals surface area contributed by atoms with Gasteiger partial charge in [-0.3, -0.25) is 4.79 Å². The molecule has 8 heteroatoms. The van der Waals surface area contributed by atoms with E-state index in [-0.39, 0.29) is 16.7 Å². The Balaban J connectivity index is 2.74. The minimum absolute atomic E-state index is 0.0970. The van der Waals surface area contributed by atoms with E-state index in [0.717, 1.165) is 11.3 Å². The molecular weight excluding hydrogens is 354 g/mol. The number of hydrogen-bond acceptors (Lipinski definition) is 4. The third kappa shape index (κ3) is 4.87. The van der Waals surface area contributed by atoms with Crippen LogP contribution < -0.4 is 4.72 Å². The van der Waals surface area contributed by atoms with Crippen LogP contribution in [0.4, 0.5) is 0 Å². The second-order valence-corrected chi connectivity index (χ2v) is 8.31. The van der Waals surface area contributed by atoms with Crippen molar-refractivity contribution in [2.75, 3.05) is 6.54 Å². The van der Waals surface area contributed by atoms with Crippen molar-refractivity contribution in [2.45, 2.75) is 24.5 Å². The van der Waals surface area contributed by atoms with Gasteiger partial charge >= 0.3 is 5.97 Å². The van der Waals surface area contributed by atoms with Crippen molar-refractivity contribution in [1.82, 2.24) is 4.72 Å². The number of carboxylic acids is 1. The van der Waals surface area contributed by atoms with Crippen LogP contribution in [0.1, 0.15) is 20.3 Å². The van der Waals surface area contributed by atoms with Gasteiger partial charge in [0.05, 0.1) is 5.92 Å². The van der Waals surface area contributed by atoms with Gasteiger partial charge in [0.25, 0.3) is 10.0 Å². The van der Waals surface area contributed by atoms with E-state index >= 15 is 0 Å². The number of nitrogens with one attached hydrogen (secondary N) is 1. The summed E-state index contributed by atoms with van der Waals surface area (Å²) in [6.07, 6.45) is 0.434. The quantitative estimate of drug-likeness (QED) is 0.773. The van der Waals surface area contributed by atoms with E-state index in [0.29, 0.717) is 10.9 Å². The van der Waals surface area contributed by atoms with E-state index in [2.05, 4.69) is 20.7 Å². The average molecular weight is 370 g/mol. The van der Waals surface area contributed by atoms with Crippen LogP contribution >= 0.6 is 27.3 Å². The molecular formula is C11H16BrNO4S2. The molecule has 1 aromatic heterocycles. The molecule has 1 rings (SSSR count). The lowest BCUT2D eigenvalue weighted by Crippen LogP contribution is -2.33. The largest absolute Gasteiger partial charge is 0.481 e. The molecule has 0 aliphatic carbocycles. The monoisotopic (exact) mass is 369 g/mol. The maximum Gasteiger partial charge on any atom is 0.307 e. The first-order valence-corrected chi connectivity index (χ1v) is 8.85. The molecule has 0 spiro atoms. The lowest BCUT2D eigenvalue weighted by Gasteiger charge is -2.15. The van der Waals surface area contributed by atoms with E-state index in [1.54, 1.807) is 11.4 Å². The maximum atomic E-state index is 12.0. The minimum atomic E-state index is -3.65. The fourth-order valence-electron chi connectivity index (χ4n) is 1.59. The van der Waals surface area contributed by atoms with Crippen molar-refractivity contribution in [1.29, 1.82) is 0 Å². The Labute approximate surface area is 125 Å². The van der Waals surface area contributed by atoms with Crippen molar-refractivity contribution in [2.24, 2.45) is 11.8 Å². The number of carbonyl (C=O) groups is 1. The summed E-state index contributed by atoms with van der Waals surface area (Å²) in [7, 11) is -3.65. The van der Waals surface area contributed by atoms with E-state index < -0.39 is 21.9 Å². The molecule has 5 nitrogen and oxygen atoms in total. The lowest BCUT2D eigenvalue weighted by molar-refractivity contribution is -0.142. The maximum absolute atomic E-state index is 12.0. The van der Waals surface area contributed by atoms with Gasteiger partial charge in [-0.25, -0.2) is 13.1 Å². The number of aliphatic carboxylic acids is 1. The van der Waals surface area contributed by atoms with Gasteiger partial charge in [-0.05, 0) is 39.7 Å². The molecule has 2 N–H and O–H groups in total. The molecule has 1 atom stereocenters. The molecule has 0 aliphatic rings. The van der Waals surface area contributed by atoms with Crippen LogP contribution in [0.25, 0.3) is 0 Å². The molecule has 0 saturated heterocycles. The lowest BCUT2D eigenvalue weighted by atomic mass is 9.98. The summed E-state index contributed by atoms with van der Waals surface area (Å²) in [5.41, 5.74) is 0. The van der Waals surface area contributed by atoms with Gasteiger partial charge in [0, 0.05) is 11.0 Å². The number of sulfonamides is 1. The second-order valence-electron chi connectivity index (χ2n) is 4.57. The molecule has 0 aromatic carbocycles. The molecule has 0 fully saturated rings. The van der Waals surface area contributed by atoms with Crippen LogP contribution in [0.15, 0.2) is 20.1 Å². The number of rotatable bonds is 7. The van der Waals surface area contributed by atoms with Crippen molar-refractivity contribution >= 4 is 43.3 Å². The van der Waals surface area contributed by atoms with E-state index in [4.69, 9.17) is 5.11 Å². The SMILES string of the molecule is CC(C)CC(CNS(=O)(=O)c1sccc1Br)C(=O)O. The highest BCUT2D eigenvalue weighted by molar-refractivity contribution is 9.10. The number of hydrogen-bond donors (Lipinski definition) is 2. The molecule has 108 valence electrons.